The predicted octanol–water partition coefficient (Wildman–Crippen LogP) is 1.80. The van der Waals surface area contributed by atoms with E-state index in [0.717, 1.165) is 18.8 Å². The molecule has 1 amide bonds. The van der Waals surface area contributed by atoms with Gasteiger partial charge in [0.15, 0.2) is 0 Å². The van der Waals surface area contributed by atoms with Gasteiger partial charge in [-0.1, -0.05) is 0 Å². The summed E-state index contributed by atoms with van der Waals surface area (Å²) in [6.07, 6.45) is 0. The van der Waals surface area contributed by atoms with E-state index < -0.39 is 15.9 Å². The molecule has 9 nitrogen and oxygen atoms in total. The molecule has 4 rings (SSSR count). The molecule has 0 saturated carbocycles. The monoisotopic (exact) mass is 461 g/mol. The van der Waals surface area contributed by atoms with E-state index in [1.165, 1.54) is 29.6 Å². The van der Waals surface area contributed by atoms with E-state index in [1.54, 1.807) is 0 Å². The van der Waals surface area contributed by atoms with Crippen molar-refractivity contribution in [3.05, 3.63) is 48.0 Å². The highest BCUT2D eigenvalue weighted by atomic mass is 32.2. The molecule has 2 saturated heterocycles. The molecule has 0 atom stereocenters. The molecule has 2 aliphatic heterocycles. The maximum atomic E-state index is 13.0. The molecule has 172 valence electrons. The Hall–Kier alpha value is -2.66. The molecule has 0 unspecified atom stereocenters. The summed E-state index contributed by atoms with van der Waals surface area (Å²) in [5.74, 6) is -0.145. The van der Waals surface area contributed by atoms with Gasteiger partial charge in [-0.3, -0.25) is 4.79 Å². The Balaban J connectivity index is 1.53. The van der Waals surface area contributed by atoms with Crippen molar-refractivity contribution in [2.45, 2.75) is 4.90 Å². The van der Waals surface area contributed by atoms with Crippen LogP contribution in [0.4, 0.5) is 11.4 Å². The molecule has 0 bridgehead atoms. The highest BCUT2D eigenvalue weighted by molar-refractivity contribution is 7.89. The number of amides is 1. The van der Waals surface area contributed by atoms with Crippen LogP contribution in [0.2, 0.25) is 0 Å². The Morgan fingerprint density at radius 1 is 0.938 bits per heavy atom. The average molecular weight is 462 g/mol. The first-order chi connectivity index (χ1) is 15.5. The molecule has 0 aromatic heterocycles. The van der Waals surface area contributed by atoms with Gasteiger partial charge in [0.05, 0.1) is 44.0 Å². The van der Waals surface area contributed by atoms with Gasteiger partial charge in [0, 0.05) is 37.6 Å². The van der Waals surface area contributed by atoms with Crippen molar-refractivity contribution >= 4 is 27.3 Å². The fourth-order valence-corrected chi connectivity index (χ4v) is 5.17. The zero-order valence-corrected chi connectivity index (χ0v) is 18.8. The number of rotatable bonds is 6. The molecule has 10 heteroatoms. The zero-order valence-electron chi connectivity index (χ0n) is 18.0. The number of benzene rings is 2. The Morgan fingerprint density at radius 2 is 1.56 bits per heavy atom. The fourth-order valence-electron chi connectivity index (χ4n) is 3.74. The van der Waals surface area contributed by atoms with Crippen LogP contribution in [-0.2, 0) is 19.5 Å². The van der Waals surface area contributed by atoms with Crippen molar-refractivity contribution in [3.8, 4) is 5.75 Å². The second-order valence-corrected chi connectivity index (χ2v) is 9.42. The number of carbonyl (C=O) groups is 1. The minimum Gasteiger partial charge on any atom is -0.496 e. The minimum absolute atomic E-state index is 0.0491. The lowest BCUT2D eigenvalue weighted by atomic mass is 10.1. The summed E-state index contributed by atoms with van der Waals surface area (Å²) in [7, 11) is -2.29. The van der Waals surface area contributed by atoms with Crippen molar-refractivity contribution in [2.24, 2.45) is 0 Å². The lowest BCUT2D eigenvalue weighted by molar-refractivity contribution is 0.0730. The van der Waals surface area contributed by atoms with Crippen molar-refractivity contribution < 1.29 is 27.4 Å². The van der Waals surface area contributed by atoms with Gasteiger partial charge in [-0.15, -0.1) is 0 Å². The van der Waals surface area contributed by atoms with E-state index in [-0.39, 0.29) is 23.5 Å². The molecule has 0 spiro atoms. The Labute approximate surface area is 187 Å². The molecular weight excluding hydrogens is 434 g/mol. The molecule has 2 fully saturated rings. The van der Waals surface area contributed by atoms with Crippen LogP contribution in [0.15, 0.2) is 47.4 Å². The van der Waals surface area contributed by atoms with E-state index in [9.17, 15) is 13.2 Å². The number of morpholine rings is 2. The normalized spacial score (nSPS) is 17.7. The summed E-state index contributed by atoms with van der Waals surface area (Å²) in [5.41, 5.74) is 1.82. The summed E-state index contributed by atoms with van der Waals surface area (Å²) < 4.78 is 43.3. The van der Waals surface area contributed by atoms with E-state index >= 15 is 0 Å². The highest BCUT2D eigenvalue weighted by Gasteiger charge is 2.28. The maximum Gasteiger partial charge on any atom is 0.259 e. The summed E-state index contributed by atoms with van der Waals surface area (Å²) in [4.78, 5) is 15.3. The molecule has 0 aliphatic carbocycles. The molecule has 0 radical (unpaired) electrons. The standard InChI is InChI=1S/C22H27N3O6S/c1-29-21-7-6-19(32(27,28)25-10-14-31-15-11-25)16-20(21)22(26)23-17-2-4-18(5-3-17)24-8-12-30-13-9-24/h2-7,16H,8-15H2,1H3,(H,23,26). The number of hydrogen-bond donors (Lipinski definition) is 1. The molecule has 32 heavy (non-hydrogen) atoms. The third-order valence-corrected chi connectivity index (χ3v) is 7.42. The number of carbonyl (C=O) groups excluding carboxylic acids is 1. The first-order valence-corrected chi connectivity index (χ1v) is 11.9. The van der Waals surface area contributed by atoms with Crippen molar-refractivity contribution in [1.29, 1.82) is 0 Å². The number of ether oxygens (including phenoxy) is 3. The molecule has 2 aromatic rings. The first-order valence-electron chi connectivity index (χ1n) is 10.5. The summed E-state index contributed by atoms with van der Waals surface area (Å²) in [6.45, 7) is 4.31. The third kappa shape index (κ3) is 4.88. The molecule has 2 heterocycles. The Bertz CT molecular complexity index is 1050. The molecule has 1 N–H and O–H groups in total. The van der Waals surface area contributed by atoms with Gasteiger partial charge in [-0.2, -0.15) is 4.31 Å². The smallest absolute Gasteiger partial charge is 0.259 e. The minimum atomic E-state index is -3.73. The third-order valence-electron chi connectivity index (χ3n) is 5.52. The lowest BCUT2D eigenvalue weighted by Crippen LogP contribution is -2.40. The van der Waals surface area contributed by atoms with Gasteiger partial charge in [0.1, 0.15) is 5.75 Å². The summed E-state index contributed by atoms with van der Waals surface area (Å²) >= 11 is 0. The van der Waals surface area contributed by atoms with Crippen LogP contribution in [0.1, 0.15) is 10.4 Å². The van der Waals surface area contributed by atoms with Gasteiger partial charge < -0.3 is 24.4 Å². The van der Waals surface area contributed by atoms with Crippen LogP contribution < -0.4 is 15.0 Å². The fraction of sp³-hybridized carbons (Fsp3) is 0.409. The number of sulfonamides is 1. The quantitative estimate of drug-likeness (QED) is 0.701. The van der Waals surface area contributed by atoms with Crippen LogP contribution in [-0.4, -0.2) is 78.3 Å². The molecule has 2 aliphatic rings. The number of nitrogens with zero attached hydrogens (tertiary/aromatic N) is 2. The maximum absolute atomic E-state index is 13.0. The van der Waals surface area contributed by atoms with Crippen LogP contribution in [0, 0.1) is 0 Å². The predicted molar refractivity (Wildman–Crippen MR) is 120 cm³/mol. The number of anilines is 2. The van der Waals surface area contributed by atoms with E-state index in [1.807, 2.05) is 24.3 Å². The highest BCUT2D eigenvalue weighted by Crippen LogP contribution is 2.26. The van der Waals surface area contributed by atoms with Crippen LogP contribution in [0.25, 0.3) is 0 Å². The number of methoxy groups -OCH3 is 1. The Kier molecular flexibility index (Phi) is 6.95. The van der Waals surface area contributed by atoms with Crippen molar-refractivity contribution in [1.82, 2.24) is 4.31 Å². The van der Waals surface area contributed by atoms with E-state index in [2.05, 4.69) is 10.2 Å². The van der Waals surface area contributed by atoms with Crippen molar-refractivity contribution in [3.63, 3.8) is 0 Å². The SMILES string of the molecule is COc1ccc(S(=O)(=O)N2CCOCC2)cc1C(=O)Nc1ccc(N2CCOCC2)cc1. The Morgan fingerprint density at radius 3 is 2.19 bits per heavy atom. The topological polar surface area (TPSA) is 97.4 Å². The first kappa shape index (κ1) is 22.5. The van der Waals surface area contributed by atoms with E-state index in [4.69, 9.17) is 14.2 Å². The number of nitrogens with one attached hydrogen (secondary N) is 1. The molecular formula is C22H27N3O6S. The summed E-state index contributed by atoms with van der Waals surface area (Å²) in [6, 6.07) is 11.9. The van der Waals surface area contributed by atoms with Crippen LogP contribution in [0.5, 0.6) is 5.75 Å². The zero-order chi connectivity index (χ0) is 22.6. The second-order valence-electron chi connectivity index (χ2n) is 7.48. The number of hydrogen-bond acceptors (Lipinski definition) is 7. The van der Waals surface area contributed by atoms with Gasteiger partial charge in [0.25, 0.3) is 5.91 Å². The van der Waals surface area contributed by atoms with Crippen molar-refractivity contribution in [2.75, 3.05) is 69.9 Å². The van der Waals surface area contributed by atoms with Gasteiger partial charge in [-0.25, -0.2) is 8.42 Å². The van der Waals surface area contributed by atoms with Crippen LogP contribution >= 0.6 is 0 Å². The summed E-state index contributed by atoms with van der Waals surface area (Å²) in [5, 5.41) is 2.83. The van der Waals surface area contributed by atoms with E-state index in [0.29, 0.717) is 37.9 Å². The van der Waals surface area contributed by atoms with Gasteiger partial charge >= 0.3 is 0 Å². The lowest BCUT2D eigenvalue weighted by Gasteiger charge is -2.28. The largest absolute Gasteiger partial charge is 0.496 e. The van der Waals surface area contributed by atoms with Gasteiger partial charge in [-0.05, 0) is 42.5 Å². The second kappa shape index (κ2) is 9.86. The molecule has 2 aromatic carbocycles. The van der Waals surface area contributed by atoms with Gasteiger partial charge in [0.2, 0.25) is 10.0 Å². The van der Waals surface area contributed by atoms with Crippen LogP contribution in [0.3, 0.4) is 0 Å². The average Bonchev–Trinajstić information content (AvgIpc) is 2.85.